The zero-order valence-electron chi connectivity index (χ0n) is 12.3. The predicted molar refractivity (Wildman–Crippen MR) is 85.7 cm³/mol. The Balaban J connectivity index is 2.33. The number of carbonyl (C=O) groups is 1. The van der Waals surface area contributed by atoms with Crippen LogP contribution >= 0.6 is 0 Å². The maximum absolute atomic E-state index is 12.4. The van der Waals surface area contributed by atoms with Crippen LogP contribution in [0.2, 0.25) is 0 Å². The van der Waals surface area contributed by atoms with Gasteiger partial charge in [-0.3, -0.25) is 4.79 Å². The van der Waals surface area contributed by atoms with Gasteiger partial charge in [-0.2, -0.15) is 0 Å². The van der Waals surface area contributed by atoms with E-state index in [1.807, 2.05) is 18.2 Å². The highest BCUT2D eigenvalue weighted by Gasteiger charge is 2.12. The van der Waals surface area contributed by atoms with Gasteiger partial charge in [0.2, 0.25) is 0 Å². The Labute approximate surface area is 124 Å². The molecule has 0 atom stereocenters. The van der Waals surface area contributed by atoms with E-state index in [9.17, 15) is 9.90 Å². The van der Waals surface area contributed by atoms with Crippen LogP contribution in [0.4, 0.5) is 11.4 Å². The van der Waals surface area contributed by atoms with Crippen molar-refractivity contribution in [3.8, 4) is 5.75 Å². The van der Waals surface area contributed by atoms with E-state index in [1.54, 1.807) is 6.07 Å². The van der Waals surface area contributed by atoms with Crippen LogP contribution in [0.3, 0.4) is 0 Å². The summed E-state index contributed by atoms with van der Waals surface area (Å²) >= 11 is 0. The number of nitrogens with one attached hydrogen (secondary N) is 1. The second-order valence-corrected chi connectivity index (χ2v) is 4.89. The Hall–Kier alpha value is -2.49. The Kier molecular flexibility index (Phi) is 4.48. The smallest absolute Gasteiger partial charge is 0.255 e. The predicted octanol–water partition coefficient (Wildman–Crippen LogP) is 3.35. The maximum Gasteiger partial charge on any atom is 0.255 e. The second-order valence-electron chi connectivity index (χ2n) is 4.89. The fourth-order valence-electron chi connectivity index (χ4n) is 2.27. The summed E-state index contributed by atoms with van der Waals surface area (Å²) in [6.07, 6.45) is 1.69. The molecule has 0 radical (unpaired) electrons. The van der Waals surface area contributed by atoms with Crippen molar-refractivity contribution in [1.82, 2.24) is 0 Å². The van der Waals surface area contributed by atoms with Crippen LogP contribution in [0.5, 0.6) is 5.75 Å². The molecule has 2 aromatic rings. The molecule has 0 aromatic heterocycles. The average molecular weight is 284 g/mol. The van der Waals surface area contributed by atoms with Crippen molar-refractivity contribution in [2.75, 3.05) is 11.1 Å². The molecule has 0 aliphatic carbocycles. The first-order valence-corrected chi connectivity index (χ1v) is 7.07. The molecule has 4 nitrogen and oxygen atoms in total. The normalized spacial score (nSPS) is 10.4. The number of carbonyl (C=O) groups excluding carboxylic acids is 1. The minimum Gasteiger partial charge on any atom is -0.506 e. The van der Waals surface area contributed by atoms with Crippen LogP contribution < -0.4 is 11.1 Å². The van der Waals surface area contributed by atoms with Gasteiger partial charge in [-0.25, -0.2) is 0 Å². The molecule has 4 heteroatoms. The summed E-state index contributed by atoms with van der Waals surface area (Å²) < 4.78 is 0. The Morgan fingerprint density at radius 1 is 1.14 bits per heavy atom. The number of nitrogen functional groups attached to an aromatic ring is 1. The molecule has 0 unspecified atom stereocenters. The molecule has 2 aromatic carbocycles. The lowest BCUT2D eigenvalue weighted by Crippen LogP contribution is -2.15. The third-order valence-corrected chi connectivity index (χ3v) is 3.53. The van der Waals surface area contributed by atoms with E-state index in [-0.39, 0.29) is 17.3 Å². The first kappa shape index (κ1) is 14.9. The number of phenols is 1. The van der Waals surface area contributed by atoms with Crippen molar-refractivity contribution < 1.29 is 9.90 Å². The number of amides is 1. The van der Waals surface area contributed by atoms with Crippen LogP contribution in [0.25, 0.3) is 0 Å². The number of benzene rings is 2. The summed E-state index contributed by atoms with van der Waals surface area (Å²) in [6.45, 7) is 4.11. The van der Waals surface area contributed by atoms with Gasteiger partial charge in [-0.1, -0.05) is 32.0 Å². The SMILES string of the molecule is CCc1cccc(CC)c1NC(=O)c1ccc(N)c(O)c1. The number of nitrogens with two attached hydrogens (primary N) is 1. The van der Waals surface area contributed by atoms with E-state index in [0.29, 0.717) is 5.56 Å². The number of rotatable bonds is 4. The van der Waals surface area contributed by atoms with Gasteiger partial charge >= 0.3 is 0 Å². The molecule has 0 aliphatic heterocycles. The molecule has 1 amide bonds. The molecule has 0 bridgehead atoms. The van der Waals surface area contributed by atoms with Gasteiger partial charge in [0.15, 0.2) is 0 Å². The Morgan fingerprint density at radius 3 is 2.29 bits per heavy atom. The van der Waals surface area contributed by atoms with Crippen LogP contribution in [-0.4, -0.2) is 11.0 Å². The van der Waals surface area contributed by atoms with Gasteiger partial charge in [0, 0.05) is 11.3 Å². The van der Waals surface area contributed by atoms with E-state index in [4.69, 9.17) is 5.73 Å². The average Bonchev–Trinajstić information content (AvgIpc) is 2.50. The van der Waals surface area contributed by atoms with E-state index >= 15 is 0 Å². The van der Waals surface area contributed by atoms with Crippen LogP contribution in [0, 0.1) is 0 Å². The molecule has 0 saturated heterocycles. The van der Waals surface area contributed by atoms with Crippen LogP contribution in [0.15, 0.2) is 36.4 Å². The van der Waals surface area contributed by atoms with Gasteiger partial charge in [-0.05, 0) is 42.2 Å². The number of aromatic hydroxyl groups is 1. The minimum absolute atomic E-state index is 0.0814. The standard InChI is InChI=1S/C17H20N2O2/c1-3-11-6-5-7-12(4-2)16(11)19-17(21)13-8-9-14(18)15(20)10-13/h5-10,20H,3-4,18H2,1-2H3,(H,19,21). The number of hydrogen-bond donors (Lipinski definition) is 3. The van der Waals surface area contributed by atoms with Gasteiger partial charge < -0.3 is 16.2 Å². The summed E-state index contributed by atoms with van der Waals surface area (Å²) in [5.41, 5.74) is 9.26. The first-order valence-electron chi connectivity index (χ1n) is 7.07. The lowest BCUT2D eigenvalue weighted by Gasteiger charge is -2.14. The number of anilines is 2. The first-order chi connectivity index (χ1) is 10.1. The lowest BCUT2D eigenvalue weighted by molar-refractivity contribution is 0.102. The fraction of sp³-hybridized carbons (Fsp3) is 0.235. The molecule has 0 heterocycles. The lowest BCUT2D eigenvalue weighted by atomic mass is 10.0. The molecule has 4 N–H and O–H groups in total. The summed E-state index contributed by atoms with van der Waals surface area (Å²) in [7, 11) is 0. The molecule has 2 rings (SSSR count). The molecule has 0 fully saturated rings. The van der Waals surface area contributed by atoms with E-state index < -0.39 is 0 Å². The molecule has 0 spiro atoms. The van der Waals surface area contributed by atoms with Gasteiger partial charge in [-0.15, -0.1) is 0 Å². The second kappa shape index (κ2) is 6.31. The number of hydrogen-bond acceptors (Lipinski definition) is 3. The summed E-state index contributed by atoms with van der Waals surface area (Å²) in [6, 6.07) is 10.5. The van der Waals surface area contributed by atoms with Gasteiger partial charge in [0.1, 0.15) is 5.75 Å². The topological polar surface area (TPSA) is 75.4 Å². The third-order valence-electron chi connectivity index (χ3n) is 3.53. The quantitative estimate of drug-likeness (QED) is 0.595. The zero-order chi connectivity index (χ0) is 15.4. The van der Waals surface area contributed by atoms with Gasteiger partial charge in [0.05, 0.1) is 5.69 Å². The highest BCUT2D eigenvalue weighted by molar-refractivity contribution is 6.05. The maximum atomic E-state index is 12.4. The number of aryl methyl sites for hydroxylation is 2. The van der Waals surface area contributed by atoms with Crippen molar-refractivity contribution in [3.63, 3.8) is 0 Å². The van der Waals surface area contributed by atoms with E-state index in [1.165, 1.54) is 12.1 Å². The molecule has 110 valence electrons. The van der Waals surface area contributed by atoms with Crippen molar-refractivity contribution in [2.45, 2.75) is 26.7 Å². The molecular weight excluding hydrogens is 264 g/mol. The van der Waals surface area contributed by atoms with Gasteiger partial charge in [0.25, 0.3) is 5.91 Å². The van der Waals surface area contributed by atoms with Crippen molar-refractivity contribution in [1.29, 1.82) is 0 Å². The van der Waals surface area contributed by atoms with Crippen molar-refractivity contribution in [2.24, 2.45) is 0 Å². The molecule has 0 aliphatic rings. The molecule has 0 saturated carbocycles. The van der Waals surface area contributed by atoms with Crippen LogP contribution in [-0.2, 0) is 12.8 Å². The highest BCUT2D eigenvalue weighted by atomic mass is 16.3. The minimum atomic E-state index is -0.249. The number of para-hydroxylation sites is 1. The zero-order valence-corrected chi connectivity index (χ0v) is 12.3. The monoisotopic (exact) mass is 284 g/mol. The fourth-order valence-corrected chi connectivity index (χ4v) is 2.27. The summed E-state index contributed by atoms with van der Waals surface area (Å²) in [5, 5.41) is 12.6. The number of phenolic OH excluding ortho intramolecular Hbond substituents is 1. The van der Waals surface area contributed by atoms with Crippen LogP contribution in [0.1, 0.15) is 35.3 Å². The summed E-state index contributed by atoms with van der Waals surface area (Å²) in [4.78, 5) is 12.4. The highest BCUT2D eigenvalue weighted by Crippen LogP contribution is 2.25. The van der Waals surface area contributed by atoms with Crippen molar-refractivity contribution >= 4 is 17.3 Å². The largest absolute Gasteiger partial charge is 0.506 e. The molecule has 21 heavy (non-hydrogen) atoms. The summed E-state index contributed by atoms with van der Waals surface area (Å²) in [5.74, 6) is -0.331. The Morgan fingerprint density at radius 2 is 1.76 bits per heavy atom. The Bertz CT molecular complexity index is 644. The molecular formula is C17H20N2O2. The van der Waals surface area contributed by atoms with Crippen molar-refractivity contribution in [3.05, 3.63) is 53.1 Å². The van der Waals surface area contributed by atoms with E-state index in [0.717, 1.165) is 29.7 Å². The van der Waals surface area contributed by atoms with E-state index in [2.05, 4.69) is 19.2 Å². The third kappa shape index (κ3) is 3.16.